The van der Waals surface area contributed by atoms with Crippen LogP contribution in [-0.4, -0.2) is 17.7 Å². The summed E-state index contributed by atoms with van der Waals surface area (Å²) >= 11 is 0. The Morgan fingerprint density at radius 3 is 2.90 bits per heavy atom. The summed E-state index contributed by atoms with van der Waals surface area (Å²) in [4.78, 5) is 8.35. The van der Waals surface area contributed by atoms with E-state index < -0.39 is 8.25 Å². The van der Waals surface area contributed by atoms with E-state index >= 15 is 0 Å². The highest BCUT2D eigenvalue weighted by atomic mass is 31.1. The molecule has 0 radical (unpaired) electrons. The Kier molecular flexibility index (Phi) is 3.22. The Labute approximate surface area is 60.5 Å². The Balaban J connectivity index is 2.19. The fourth-order valence-corrected chi connectivity index (χ4v) is 1.42. The lowest BCUT2D eigenvalue weighted by atomic mass is 10.1. The predicted octanol–water partition coefficient (Wildman–Crippen LogP) is 0.752. The summed E-state index contributed by atoms with van der Waals surface area (Å²) in [5.74, 6) is 0. The topological polar surface area (TPSA) is 58.6 Å². The molecular weight excluding hydrogens is 153 g/mol. The molecule has 0 bridgehead atoms. The Hall–Kier alpha value is -0.0200. The first-order chi connectivity index (χ1) is 4.79. The quantitative estimate of drug-likeness (QED) is 0.591. The lowest BCUT2D eigenvalue weighted by molar-refractivity contribution is 0.126. The zero-order valence-corrected chi connectivity index (χ0v) is 6.51. The van der Waals surface area contributed by atoms with Crippen molar-refractivity contribution in [2.45, 2.75) is 25.5 Å². The van der Waals surface area contributed by atoms with Crippen molar-refractivity contribution in [3.05, 3.63) is 0 Å². The van der Waals surface area contributed by atoms with Crippen LogP contribution < -0.4 is 5.32 Å². The Morgan fingerprint density at radius 2 is 2.40 bits per heavy atom. The fraction of sp³-hybridized carbons (Fsp3) is 1.00. The van der Waals surface area contributed by atoms with E-state index in [1.54, 1.807) is 0 Å². The van der Waals surface area contributed by atoms with E-state index in [1.165, 1.54) is 0 Å². The molecule has 2 N–H and O–H groups in total. The van der Waals surface area contributed by atoms with Gasteiger partial charge in [-0.25, -0.2) is 0 Å². The van der Waals surface area contributed by atoms with Crippen LogP contribution in [0.25, 0.3) is 0 Å². The minimum absolute atomic E-state index is 0.206. The maximum atomic E-state index is 10.2. The van der Waals surface area contributed by atoms with Crippen LogP contribution in [0.3, 0.4) is 0 Å². The number of piperidine rings is 1. The minimum Gasteiger partial charge on any atom is -0.288 e. The summed E-state index contributed by atoms with van der Waals surface area (Å²) in [6.45, 7) is 0.883. The molecule has 5 heteroatoms. The molecular formula is C5H11NO3P+. The van der Waals surface area contributed by atoms with E-state index in [-0.39, 0.29) is 6.23 Å². The van der Waals surface area contributed by atoms with Crippen LogP contribution in [0.15, 0.2) is 0 Å². The lowest BCUT2D eigenvalue weighted by Gasteiger charge is -2.16. The molecule has 1 aliphatic rings. The molecule has 2 atom stereocenters. The van der Waals surface area contributed by atoms with Gasteiger partial charge < -0.3 is 0 Å². The zero-order chi connectivity index (χ0) is 7.40. The normalized spacial score (nSPS) is 28.1. The summed E-state index contributed by atoms with van der Waals surface area (Å²) in [6.07, 6.45) is 2.83. The minimum atomic E-state index is -2.44. The van der Waals surface area contributed by atoms with Crippen LogP contribution in [0.5, 0.6) is 0 Å². The molecule has 58 valence electrons. The van der Waals surface area contributed by atoms with E-state index in [0.29, 0.717) is 0 Å². The first-order valence-electron chi connectivity index (χ1n) is 3.35. The second kappa shape index (κ2) is 3.98. The van der Waals surface area contributed by atoms with Gasteiger partial charge in [-0.1, -0.05) is 0 Å². The Morgan fingerprint density at radius 1 is 1.60 bits per heavy atom. The van der Waals surface area contributed by atoms with Crippen molar-refractivity contribution in [3.8, 4) is 0 Å². The average molecular weight is 164 g/mol. The van der Waals surface area contributed by atoms with Gasteiger partial charge >= 0.3 is 8.25 Å². The molecule has 0 saturated carbocycles. The van der Waals surface area contributed by atoms with Crippen LogP contribution in [0, 0.1) is 0 Å². The highest BCUT2D eigenvalue weighted by Gasteiger charge is 2.23. The molecule has 0 amide bonds. The highest BCUT2D eigenvalue weighted by Crippen LogP contribution is 2.21. The predicted molar refractivity (Wildman–Crippen MR) is 36.6 cm³/mol. The molecule has 1 heterocycles. The monoisotopic (exact) mass is 164 g/mol. The first-order valence-corrected chi connectivity index (χ1v) is 4.48. The van der Waals surface area contributed by atoms with Gasteiger partial charge in [0.2, 0.25) is 0 Å². The molecule has 1 rings (SSSR count). The smallest absolute Gasteiger partial charge is 0.288 e. The van der Waals surface area contributed by atoms with Crippen molar-refractivity contribution < 1.29 is 14.0 Å². The molecule has 0 aliphatic carbocycles. The molecule has 4 nitrogen and oxygen atoms in total. The summed E-state index contributed by atoms with van der Waals surface area (Å²) in [6, 6.07) is 0. The van der Waals surface area contributed by atoms with Gasteiger partial charge in [0.25, 0.3) is 0 Å². The Bertz CT molecular complexity index is 124. The van der Waals surface area contributed by atoms with Crippen LogP contribution in [-0.2, 0) is 9.09 Å². The summed E-state index contributed by atoms with van der Waals surface area (Å²) in [7, 11) is -2.44. The standard InChI is InChI=1S/C5H10NO3P/c7-10(8)9-5-3-1-2-4-6-5/h5-6H,1-4H2/p+1/t5-/m1/s1. The van der Waals surface area contributed by atoms with Crippen molar-refractivity contribution in [1.29, 1.82) is 0 Å². The molecule has 0 aromatic rings. The number of nitrogens with one attached hydrogen (secondary N) is 1. The number of rotatable bonds is 2. The third kappa shape index (κ3) is 2.71. The summed E-state index contributed by atoms with van der Waals surface area (Å²) in [5.41, 5.74) is 0. The van der Waals surface area contributed by atoms with Crippen molar-refractivity contribution in [3.63, 3.8) is 0 Å². The van der Waals surface area contributed by atoms with Crippen LogP contribution in [0.2, 0.25) is 0 Å². The number of hydrogen-bond acceptors (Lipinski definition) is 3. The fourth-order valence-electron chi connectivity index (χ4n) is 1.02. The largest absolute Gasteiger partial charge is 0.696 e. The molecule has 0 aromatic heterocycles. The molecule has 0 aromatic carbocycles. The zero-order valence-electron chi connectivity index (χ0n) is 5.62. The molecule has 0 spiro atoms. The molecule has 1 saturated heterocycles. The van der Waals surface area contributed by atoms with E-state index in [4.69, 9.17) is 4.89 Å². The van der Waals surface area contributed by atoms with Crippen LogP contribution in [0.1, 0.15) is 19.3 Å². The number of hydrogen-bond donors (Lipinski definition) is 2. The highest BCUT2D eigenvalue weighted by molar-refractivity contribution is 7.32. The van der Waals surface area contributed by atoms with Crippen LogP contribution in [0.4, 0.5) is 0 Å². The molecule has 1 unspecified atom stereocenters. The van der Waals surface area contributed by atoms with E-state index in [2.05, 4.69) is 9.84 Å². The third-order valence-corrected chi connectivity index (χ3v) is 1.92. The van der Waals surface area contributed by atoms with Crippen LogP contribution >= 0.6 is 8.25 Å². The average Bonchev–Trinajstić information content (AvgIpc) is 1.88. The molecule has 10 heavy (non-hydrogen) atoms. The van der Waals surface area contributed by atoms with Gasteiger partial charge in [0, 0.05) is 4.57 Å². The maximum absolute atomic E-state index is 10.2. The van der Waals surface area contributed by atoms with E-state index in [1.807, 2.05) is 0 Å². The summed E-state index contributed by atoms with van der Waals surface area (Å²) in [5, 5.41) is 2.98. The molecule has 1 aliphatic heterocycles. The van der Waals surface area contributed by atoms with Gasteiger partial charge in [0.15, 0.2) is 6.23 Å². The van der Waals surface area contributed by atoms with Gasteiger partial charge in [-0.15, -0.1) is 9.42 Å². The van der Waals surface area contributed by atoms with Gasteiger partial charge in [-0.3, -0.25) is 5.32 Å². The van der Waals surface area contributed by atoms with Gasteiger partial charge in [0.1, 0.15) is 0 Å². The second-order valence-electron chi connectivity index (χ2n) is 2.28. The third-order valence-electron chi connectivity index (χ3n) is 1.48. The van der Waals surface area contributed by atoms with E-state index in [9.17, 15) is 4.57 Å². The SMILES string of the molecule is O=[P+](O)O[C@@H]1CCCCN1. The van der Waals surface area contributed by atoms with Crippen molar-refractivity contribution >= 4 is 8.25 Å². The van der Waals surface area contributed by atoms with Gasteiger partial charge in [-0.05, 0) is 25.8 Å². The maximum Gasteiger partial charge on any atom is 0.696 e. The van der Waals surface area contributed by atoms with Crippen molar-refractivity contribution in [1.82, 2.24) is 5.32 Å². The van der Waals surface area contributed by atoms with Crippen molar-refractivity contribution in [2.75, 3.05) is 6.54 Å². The van der Waals surface area contributed by atoms with E-state index in [0.717, 1.165) is 25.8 Å². The second-order valence-corrected chi connectivity index (χ2v) is 2.97. The van der Waals surface area contributed by atoms with Crippen molar-refractivity contribution in [2.24, 2.45) is 0 Å². The molecule has 1 fully saturated rings. The van der Waals surface area contributed by atoms with Gasteiger partial charge in [0.05, 0.1) is 0 Å². The summed E-state index contributed by atoms with van der Waals surface area (Å²) < 4.78 is 14.8. The lowest BCUT2D eigenvalue weighted by Crippen LogP contribution is -2.34. The van der Waals surface area contributed by atoms with Gasteiger partial charge in [-0.2, -0.15) is 0 Å². The first kappa shape index (κ1) is 8.08.